The highest BCUT2D eigenvalue weighted by Crippen LogP contribution is 2.37. The fraction of sp³-hybridized carbons (Fsp3) is 0.438. The van der Waals surface area contributed by atoms with Gasteiger partial charge in [0.15, 0.2) is 0 Å². The maximum absolute atomic E-state index is 13.1. The molecule has 4 nitrogen and oxygen atoms in total. The Morgan fingerprint density at radius 1 is 1.17 bits per heavy atom. The molecule has 2 heterocycles. The van der Waals surface area contributed by atoms with Crippen LogP contribution in [-0.4, -0.2) is 23.1 Å². The number of benzene rings is 1. The van der Waals surface area contributed by atoms with E-state index < -0.39 is 17.4 Å². The van der Waals surface area contributed by atoms with E-state index in [4.69, 9.17) is 4.42 Å². The zero-order chi connectivity index (χ0) is 16.6. The molecular weight excluding hydrogens is 311 g/mol. The van der Waals surface area contributed by atoms with Crippen LogP contribution in [0.2, 0.25) is 0 Å². The fourth-order valence-electron chi connectivity index (χ4n) is 3.00. The van der Waals surface area contributed by atoms with Crippen molar-refractivity contribution in [3.05, 3.63) is 39.7 Å². The third kappa shape index (κ3) is 3.19. The summed E-state index contributed by atoms with van der Waals surface area (Å²) >= 11 is 0. The summed E-state index contributed by atoms with van der Waals surface area (Å²) in [7, 11) is 0. The molecule has 1 aromatic carbocycles. The highest BCUT2D eigenvalue weighted by Gasteiger charge is 2.34. The van der Waals surface area contributed by atoms with Crippen LogP contribution in [0.15, 0.2) is 27.4 Å². The third-order valence-electron chi connectivity index (χ3n) is 4.13. The molecule has 1 aromatic heterocycles. The molecule has 0 aliphatic carbocycles. The second-order valence-corrected chi connectivity index (χ2v) is 5.75. The zero-order valence-corrected chi connectivity index (χ0v) is 12.3. The smallest absolute Gasteiger partial charge is 0.417 e. The van der Waals surface area contributed by atoms with Crippen molar-refractivity contribution in [2.75, 3.05) is 13.1 Å². The first-order valence-corrected chi connectivity index (χ1v) is 7.44. The van der Waals surface area contributed by atoms with Gasteiger partial charge in [-0.15, -0.1) is 0 Å². The molecule has 124 valence electrons. The SMILES string of the molecule is O=c1cc(C(F)(F)F)c2ccc(O)c(CN3CCCCC3)c2o1. The monoisotopic (exact) mass is 327 g/mol. The standard InChI is InChI=1S/C16H16F3NO3/c17-16(18,19)12-8-14(22)23-15-10(12)4-5-13(21)11(15)9-20-6-2-1-3-7-20/h4-5,8,21H,1-3,6-7,9H2. The van der Waals surface area contributed by atoms with Crippen LogP contribution >= 0.6 is 0 Å². The Balaban J connectivity index is 2.15. The van der Waals surface area contributed by atoms with Crippen LogP contribution in [0.5, 0.6) is 5.75 Å². The fourth-order valence-corrected chi connectivity index (χ4v) is 3.00. The second kappa shape index (κ2) is 5.88. The second-order valence-electron chi connectivity index (χ2n) is 5.75. The van der Waals surface area contributed by atoms with Crippen LogP contribution in [0.1, 0.15) is 30.4 Å². The molecule has 0 radical (unpaired) electrons. The number of alkyl halides is 3. The summed E-state index contributed by atoms with van der Waals surface area (Å²) in [4.78, 5) is 13.6. The zero-order valence-electron chi connectivity index (χ0n) is 12.3. The van der Waals surface area contributed by atoms with Crippen LogP contribution in [0.25, 0.3) is 11.0 Å². The molecule has 2 aromatic rings. The number of piperidine rings is 1. The number of aromatic hydroxyl groups is 1. The molecule has 0 saturated carbocycles. The Kier molecular flexibility index (Phi) is 4.06. The van der Waals surface area contributed by atoms with Crippen molar-refractivity contribution in [3.8, 4) is 5.75 Å². The quantitative estimate of drug-likeness (QED) is 0.858. The van der Waals surface area contributed by atoms with Gasteiger partial charge < -0.3 is 9.52 Å². The van der Waals surface area contributed by atoms with E-state index in [-0.39, 0.29) is 28.8 Å². The lowest BCUT2D eigenvalue weighted by Gasteiger charge is -2.27. The highest BCUT2D eigenvalue weighted by molar-refractivity contribution is 5.85. The average molecular weight is 327 g/mol. The third-order valence-corrected chi connectivity index (χ3v) is 4.13. The molecule has 0 spiro atoms. The van der Waals surface area contributed by atoms with Crippen molar-refractivity contribution in [2.45, 2.75) is 32.0 Å². The molecule has 1 aliphatic rings. The van der Waals surface area contributed by atoms with Crippen LogP contribution in [0.3, 0.4) is 0 Å². The van der Waals surface area contributed by atoms with E-state index in [1.807, 2.05) is 4.90 Å². The summed E-state index contributed by atoms with van der Waals surface area (Å²) in [5.74, 6) is -0.162. The van der Waals surface area contributed by atoms with E-state index in [2.05, 4.69) is 0 Å². The molecule has 7 heteroatoms. The summed E-state index contributed by atoms with van der Waals surface area (Å²) in [5, 5.41) is 9.85. The van der Waals surface area contributed by atoms with Gasteiger partial charge in [0.25, 0.3) is 0 Å². The molecule has 23 heavy (non-hydrogen) atoms. The van der Waals surface area contributed by atoms with Crippen molar-refractivity contribution in [3.63, 3.8) is 0 Å². The Bertz CT molecular complexity index is 776. The lowest BCUT2D eigenvalue weighted by Crippen LogP contribution is -2.29. The van der Waals surface area contributed by atoms with Crippen molar-refractivity contribution in [1.29, 1.82) is 0 Å². The van der Waals surface area contributed by atoms with Gasteiger partial charge in [-0.3, -0.25) is 4.90 Å². The van der Waals surface area contributed by atoms with E-state index in [9.17, 15) is 23.1 Å². The summed E-state index contributed by atoms with van der Waals surface area (Å²) in [6.45, 7) is 1.87. The lowest BCUT2D eigenvalue weighted by molar-refractivity contribution is -0.136. The number of fused-ring (bicyclic) bond motifs is 1. The number of phenols is 1. The Labute approximate surface area is 130 Å². The van der Waals surface area contributed by atoms with Gasteiger partial charge in [-0.2, -0.15) is 13.2 Å². The van der Waals surface area contributed by atoms with Crippen LogP contribution in [-0.2, 0) is 12.7 Å². The van der Waals surface area contributed by atoms with Crippen molar-refractivity contribution in [1.82, 2.24) is 4.90 Å². The average Bonchev–Trinajstić information content (AvgIpc) is 2.50. The van der Waals surface area contributed by atoms with Gasteiger partial charge in [0.05, 0.1) is 11.1 Å². The van der Waals surface area contributed by atoms with E-state index in [0.717, 1.165) is 38.4 Å². The van der Waals surface area contributed by atoms with E-state index >= 15 is 0 Å². The molecule has 0 unspecified atom stereocenters. The molecule has 0 bridgehead atoms. The van der Waals surface area contributed by atoms with Crippen molar-refractivity contribution < 1.29 is 22.7 Å². The molecule has 0 amide bonds. The molecule has 1 aliphatic heterocycles. The van der Waals surface area contributed by atoms with E-state index in [0.29, 0.717) is 6.07 Å². The van der Waals surface area contributed by atoms with E-state index in [1.54, 1.807) is 0 Å². The lowest BCUT2D eigenvalue weighted by atomic mass is 10.0. The largest absolute Gasteiger partial charge is 0.507 e. The first-order valence-electron chi connectivity index (χ1n) is 7.44. The number of phenolic OH excluding ortho intramolecular Hbond substituents is 1. The van der Waals surface area contributed by atoms with Gasteiger partial charge >= 0.3 is 11.8 Å². The first-order chi connectivity index (χ1) is 10.9. The predicted octanol–water partition coefficient (Wildman–Crippen LogP) is 3.50. The van der Waals surface area contributed by atoms with Crippen molar-refractivity contribution in [2.24, 2.45) is 0 Å². The molecule has 1 fully saturated rings. The van der Waals surface area contributed by atoms with Crippen LogP contribution in [0.4, 0.5) is 13.2 Å². The van der Waals surface area contributed by atoms with Gasteiger partial charge in [0.1, 0.15) is 11.3 Å². The number of nitrogens with zero attached hydrogens (tertiary/aromatic N) is 1. The predicted molar refractivity (Wildman–Crippen MR) is 78.3 cm³/mol. The number of hydrogen-bond acceptors (Lipinski definition) is 4. The summed E-state index contributed by atoms with van der Waals surface area (Å²) in [6, 6.07) is 2.80. The molecular formula is C16H16F3NO3. The van der Waals surface area contributed by atoms with Gasteiger partial charge in [0, 0.05) is 18.0 Å². The summed E-state index contributed by atoms with van der Waals surface area (Å²) in [5.41, 5.74) is -2.07. The van der Waals surface area contributed by atoms with Gasteiger partial charge in [-0.05, 0) is 38.1 Å². The van der Waals surface area contributed by atoms with Crippen LogP contribution < -0.4 is 5.63 Å². The Morgan fingerprint density at radius 2 is 1.87 bits per heavy atom. The number of halogens is 3. The normalized spacial score (nSPS) is 16.8. The van der Waals surface area contributed by atoms with Gasteiger partial charge in [-0.1, -0.05) is 6.42 Å². The minimum absolute atomic E-state index is 0.162. The van der Waals surface area contributed by atoms with Crippen LogP contribution in [0, 0.1) is 0 Å². The topological polar surface area (TPSA) is 53.7 Å². The molecule has 0 atom stereocenters. The van der Waals surface area contributed by atoms with Gasteiger partial charge in [-0.25, -0.2) is 4.79 Å². The maximum Gasteiger partial charge on any atom is 0.417 e. The Hall–Kier alpha value is -2.02. The molecule has 1 N–H and O–H groups in total. The molecule has 3 rings (SSSR count). The number of hydrogen-bond donors (Lipinski definition) is 1. The van der Waals surface area contributed by atoms with E-state index in [1.165, 1.54) is 6.07 Å². The van der Waals surface area contributed by atoms with Gasteiger partial charge in [0.2, 0.25) is 0 Å². The first kappa shape index (κ1) is 15.9. The van der Waals surface area contributed by atoms with Crippen molar-refractivity contribution >= 4 is 11.0 Å². The summed E-state index contributed by atoms with van der Waals surface area (Å²) < 4.78 is 44.4. The number of likely N-dealkylation sites (tertiary alicyclic amines) is 1. The highest BCUT2D eigenvalue weighted by atomic mass is 19.4. The summed E-state index contributed by atoms with van der Waals surface area (Å²) in [6.07, 6.45) is -1.54. The molecule has 1 saturated heterocycles. The number of rotatable bonds is 2. The minimum atomic E-state index is -4.66. The minimum Gasteiger partial charge on any atom is -0.507 e. The maximum atomic E-state index is 13.1. The Morgan fingerprint density at radius 3 is 2.52 bits per heavy atom.